The van der Waals surface area contributed by atoms with E-state index in [1.165, 1.54) is 0 Å². The van der Waals surface area contributed by atoms with Crippen molar-refractivity contribution in [3.05, 3.63) is 65.8 Å². The summed E-state index contributed by atoms with van der Waals surface area (Å²) in [5, 5.41) is 8.29. The molecule has 1 aromatic carbocycles. The van der Waals surface area contributed by atoms with Crippen molar-refractivity contribution in [2.75, 3.05) is 13.1 Å². The molecule has 134 valence electrons. The smallest absolute Gasteiger partial charge is 0.249 e. The highest BCUT2D eigenvalue weighted by Crippen LogP contribution is 2.30. The molecule has 5 nitrogen and oxygen atoms in total. The van der Waals surface area contributed by atoms with Crippen molar-refractivity contribution in [3.8, 4) is 11.5 Å². The second-order valence-corrected chi connectivity index (χ2v) is 6.45. The maximum absolute atomic E-state index is 13.8. The van der Waals surface area contributed by atoms with E-state index in [0.29, 0.717) is 23.9 Å². The van der Waals surface area contributed by atoms with Crippen LogP contribution < -0.4 is 0 Å². The lowest BCUT2D eigenvalue weighted by atomic mass is 9.96. The fourth-order valence-electron chi connectivity index (χ4n) is 3.25. The molecule has 0 aliphatic carbocycles. The minimum atomic E-state index is -0.800. The van der Waals surface area contributed by atoms with Crippen molar-refractivity contribution in [2.24, 2.45) is 0 Å². The molecule has 0 atom stereocenters. The van der Waals surface area contributed by atoms with Gasteiger partial charge in [0.1, 0.15) is 0 Å². The molecular weight excluding hydrogens is 338 g/mol. The third-order valence-corrected chi connectivity index (χ3v) is 4.71. The van der Waals surface area contributed by atoms with E-state index in [0.717, 1.165) is 37.6 Å². The molecule has 0 unspecified atom stereocenters. The fourth-order valence-corrected chi connectivity index (χ4v) is 3.25. The molecule has 0 saturated carbocycles. The van der Waals surface area contributed by atoms with Gasteiger partial charge >= 0.3 is 0 Å². The van der Waals surface area contributed by atoms with E-state index in [2.05, 4.69) is 20.1 Å². The molecule has 3 heterocycles. The molecule has 0 amide bonds. The summed E-state index contributed by atoms with van der Waals surface area (Å²) >= 11 is 0. The van der Waals surface area contributed by atoms with Crippen LogP contribution in [0.5, 0.6) is 0 Å². The number of benzene rings is 1. The Hall–Kier alpha value is -2.67. The van der Waals surface area contributed by atoms with Crippen LogP contribution in [0.4, 0.5) is 8.78 Å². The predicted octanol–water partition coefficient (Wildman–Crippen LogP) is 3.79. The van der Waals surface area contributed by atoms with Gasteiger partial charge in [0.2, 0.25) is 11.8 Å². The second-order valence-electron chi connectivity index (χ2n) is 6.45. The first-order valence-electron chi connectivity index (χ1n) is 8.60. The summed E-state index contributed by atoms with van der Waals surface area (Å²) in [5.41, 5.74) is 1.19. The van der Waals surface area contributed by atoms with Gasteiger partial charge in [0.05, 0.1) is 5.56 Å². The summed E-state index contributed by atoms with van der Waals surface area (Å²) in [6.45, 7) is 1.94. The van der Waals surface area contributed by atoms with Gasteiger partial charge in [-0.1, -0.05) is 12.1 Å². The molecule has 0 bridgehead atoms. The molecule has 1 saturated heterocycles. The highest BCUT2D eigenvalue weighted by Gasteiger charge is 2.26. The normalized spacial score (nSPS) is 16.1. The maximum Gasteiger partial charge on any atom is 0.249 e. The summed E-state index contributed by atoms with van der Waals surface area (Å²) < 4.78 is 33.0. The van der Waals surface area contributed by atoms with Gasteiger partial charge in [0, 0.05) is 30.4 Å². The fraction of sp³-hybridized carbons (Fsp3) is 0.316. The lowest BCUT2D eigenvalue weighted by Gasteiger charge is -2.30. The summed E-state index contributed by atoms with van der Waals surface area (Å²) in [6, 6.07) is 8.01. The number of likely N-dealkylation sites (tertiary alicyclic amines) is 1. The molecule has 26 heavy (non-hydrogen) atoms. The van der Waals surface area contributed by atoms with E-state index in [9.17, 15) is 8.78 Å². The van der Waals surface area contributed by atoms with Crippen molar-refractivity contribution in [3.63, 3.8) is 0 Å². The Morgan fingerprint density at radius 1 is 1.08 bits per heavy atom. The third kappa shape index (κ3) is 3.48. The van der Waals surface area contributed by atoms with Crippen molar-refractivity contribution in [1.82, 2.24) is 20.1 Å². The first kappa shape index (κ1) is 16.8. The first-order valence-corrected chi connectivity index (χ1v) is 8.60. The molecule has 4 rings (SSSR count). The van der Waals surface area contributed by atoms with Crippen molar-refractivity contribution in [2.45, 2.75) is 25.3 Å². The minimum Gasteiger partial charge on any atom is -0.420 e. The number of halogens is 2. The zero-order chi connectivity index (χ0) is 17.9. The lowest BCUT2D eigenvalue weighted by molar-refractivity contribution is 0.190. The van der Waals surface area contributed by atoms with E-state index in [1.807, 2.05) is 12.1 Å². The largest absolute Gasteiger partial charge is 0.420 e. The topological polar surface area (TPSA) is 55.1 Å². The van der Waals surface area contributed by atoms with Crippen LogP contribution in [0.1, 0.15) is 30.2 Å². The predicted molar refractivity (Wildman–Crippen MR) is 91.1 cm³/mol. The number of piperidine rings is 1. The number of hydrogen-bond donors (Lipinski definition) is 0. The monoisotopic (exact) mass is 356 g/mol. The van der Waals surface area contributed by atoms with Gasteiger partial charge in [0.25, 0.3) is 0 Å². The van der Waals surface area contributed by atoms with Crippen molar-refractivity contribution >= 4 is 0 Å². The molecule has 1 aliphatic rings. The average Bonchev–Trinajstić information content (AvgIpc) is 3.17. The van der Waals surface area contributed by atoms with E-state index in [-0.39, 0.29) is 5.92 Å². The SMILES string of the molecule is Fc1cccc(CN2CCC(c3nnc(-c4cccnc4)o3)CC2)c1F. The molecule has 2 aromatic heterocycles. The molecule has 1 aliphatic heterocycles. The van der Waals surface area contributed by atoms with E-state index >= 15 is 0 Å². The summed E-state index contributed by atoms with van der Waals surface area (Å²) in [6.07, 6.45) is 5.06. The molecular formula is C19H18F2N4O. The Morgan fingerprint density at radius 2 is 1.92 bits per heavy atom. The number of rotatable bonds is 4. The van der Waals surface area contributed by atoms with E-state index < -0.39 is 11.6 Å². The summed E-state index contributed by atoms with van der Waals surface area (Å²) in [5.74, 6) is -0.279. The quantitative estimate of drug-likeness (QED) is 0.712. The molecule has 7 heteroatoms. The Kier molecular flexibility index (Phi) is 4.71. The van der Waals surface area contributed by atoms with Crippen molar-refractivity contribution in [1.29, 1.82) is 0 Å². The van der Waals surface area contributed by atoms with E-state index in [4.69, 9.17) is 4.42 Å². The second kappa shape index (κ2) is 7.29. The number of pyridine rings is 1. The van der Waals surface area contributed by atoms with Crippen LogP contribution in [0, 0.1) is 11.6 Å². The van der Waals surface area contributed by atoms with Crippen molar-refractivity contribution < 1.29 is 13.2 Å². The van der Waals surface area contributed by atoms with E-state index in [1.54, 1.807) is 24.5 Å². The number of nitrogens with zero attached hydrogens (tertiary/aromatic N) is 4. The summed E-state index contributed by atoms with van der Waals surface area (Å²) in [4.78, 5) is 6.17. The van der Waals surface area contributed by atoms with Crippen LogP contribution in [0.3, 0.4) is 0 Å². The zero-order valence-corrected chi connectivity index (χ0v) is 14.1. The minimum absolute atomic E-state index is 0.182. The van der Waals surface area contributed by atoms with Crippen LogP contribution in [-0.2, 0) is 6.54 Å². The van der Waals surface area contributed by atoms with Gasteiger partial charge in [-0.2, -0.15) is 0 Å². The zero-order valence-electron chi connectivity index (χ0n) is 14.1. The highest BCUT2D eigenvalue weighted by atomic mass is 19.2. The van der Waals surface area contributed by atoms with Crippen LogP contribution in [0.15, 0.2) is 47.1 Å². The highest BCUT2D eigenvalue weighted by molar-refractivity contribution is 5.50. The maximum atomic E-state index is 13.8. The van der Waals surface area contributed by atoms with Gasteiger partial charge in [-0.05, 0) is 44.1 Å². The molecule has 0 spiro atoms. The standard InChI is InChI=1S/C19H18F2N4O/c20-16-5-1-3-15(17(16)21)12-25-9-6-13(7-10-25)18-23-24-19(26-18)14-4-2-8-22-11-14/h1-5,8,11,13H,6-7,9-10,12H2. The molecule has 1 fully saturated rings. The molecule has 0 radical (unpaired) electrons. The van der Waals surface area contributed by atoms with Gasteiger partial charge in [-0.15, -0.1) is 10.2 Å². The molecule has 0 N–H and O–H groups in total. The third-order valence-electron chi connectivity index (χ3n) is 4.71. The van der Waals surface area contributed by atoms with Gasteiger partial charge in [-0.3, -0.25) is 9.88 Å². The number of hydrogen-bond acceptors (Lipinski definition) is 5. The van der Waals surface area contributed by atoms with Gasteiger partial charge in [0.15, 0.2) is 11.6 Å². The summed E-state index contributed by atoms with van der Waals surface area (Å²) in [7, 11) is 0. The van der Waals surface area contributed by atoms with Crippen LogP contribution in [0.25, 0.3) is 11.5 Å². The average molecular weight is 356 g/mol. The van der Waals surface area contributed by atoms with Gasteiger partial charge in [-0.25, -0.2) is 8.78 Å². The number of aromatic nitrogens is 3. The Balaban J connectivity index is 1.38. The lowest BCUT2D eigenvalue weighted by Crippen LogP contribution is -2.32. The van der Waals surface area contributed by atoms with Crippen LogP contribution in [-0.4, -0.2) is 33.2 Å². The Labute approximate surface area is 149 Å². The Bertz CT molecular complexity index is 876. The van der Waals surface area contributed by atoms with Crippen LogP contribution >= 0.6 is 0 Å². The van der Waals surface area contributed by atoms with Gasteiger partial charge < -0.3 is 4.42 Å². The first-order chi connectivity index (χ1) is 12.7. The van der Waals surface area contributed by atoms with Crippen LogP contribution in [0.2, 0.25) is 0 Å². The molecule has 3 aromatic rings. The Morgan fingerprint density at radius 3 is 2.69 bits per heavy atom.